The summed E-state index contributed by atoms with van der Waals surface area (Å²) in [6, 6.07) is 0. The molecule has 0 aliphatic rings. The predicted molar refractivity (Wildman–Crippen MR) is 46.8 cm³/mol. The Balaban J connectivity index is 4.12. The van der Waals surface area contributed by atoms with E-state index in [-0.39, 0.29) is 0 Å². The Hall–Kier alpha value is -0.460. The van der Waals surface area contributed by atoms with Crippen LogP contribution in [-0.4, -0.2) is 7.05 Å². The zero-order valence-electron chi connectivity index (χ0n) is 7.73. The lowest BCUT2D eigenvalue weighted by atomic mass is 9.94. The lowest BCUT2D eigenvalue weighted by Gasteiger charge is -2.14. The molecule has 1 heteroatoms. The second-order valence-electron chi connectivity index (χ2n) is 3.24. The molecule has 0 heterocycles. The summed E-state index contributed by atoms with van der Waals surface area (Å²) in [7, 11) is 1.95. The Labute approximate surface area is 64.5 Å². The molecular formula is C9H19N. The fraction of sp³-hybridized carbons (Fsp3) is 0.778. The van der Waals surface area contributed by atoms with E-state index in [4.69, 9.17) is 0 Å². The quantitative estimate of drug-likeness (QED) is 0.636. The SMILES string of the molecule is CNC=C(C(C)C)C(C)C. The van der Waals surface area contributed by atoms with Gasteiger partial charge in [0.1, 0.15) is 0 Å². The van der Waals surface area contributed by atoms with Gasteiger partial charge < -0.3 is 5.32 Å². The third-order valence-electron chi connectivity index (χ3n) is 1.64. The number of nitrogens with one attached hydrogen (secondary N) is 1. The van der Waals surface area contributed by atoms with E-state index >= 15 is 0 Å². The van der Waals surface area contributed by atoms with Crippen LogP contribution < -0.4 is 5.32 Å². The second-order valence-corrected chi connectivity index (χ2v) is 3.24. The van der Waals surface area contributed by atoms with Crippen LogP contribution in [0.15, 0.2) is 11.8 Å². The first-order valence-corrected chi connectivity index (χ1v) is 3.96. The van der Waals surface area contributed by atoms with E-state index in [1.807, 2.05) is 7.05 Å². The molecule has 0 aromatic heterocycles. The normalized spacial score (nSPS) is 10.3. The molecule has 0 saturated carbocycles. The largest absolute Gasteiger partial charge is 0.394 e. The molecule has 0 aromatic carbocycles. The molecule has 0 spiro atoms. The number of rotatable bonds is 3. The van der Waals surface area contributed by atoms with Crippen molar-refractivity contribution >= 4 is 0 Å². The van der Waals surface area contributed by atoms with Crippen LogP contribution in [0, 0.1) is 11.8 Å². The first-order chi connectivity index (χ1) is 4.59. The molecule has 0 aliphatic carbocycles. The smallest absolute Gasteiger partial charge is 0.00276 e. The third-order valence-corrected chi connectivity index (χ3v) is 1.64. The van der Waals surface area contributed by atoms with Gasteiger partial charge >= 0.3 is 0 Å². The van der Waals surface area contributed by atoms with Gasteiger partial charge in [-0.1, -0.05) is 27.7 Å². The van der Waals surface area contributed by atoms with Gasteiger partial charge in [-0.2, -0.15) is 0 Å². The van der Waals surface area contributed by atoms with Crippen LogP contribution >= 0.6 is 0 Å². The van der Waals surface area contributed by atoms with Crippen LogP contribution in [0.1, 0.15) is 27.7 Å². The molecule has 10 heavy (non-hydrogen) atoms. The van der Waals surface area contributed by atoms with Crippen molar-refractivity contribution in [1.82, 2.24) is 5.32 Å². The Morgan fingerprint density at radius 2 is 1.50 bits per heavy atom. The standard InChI is InChI=1S/C9H19N/c1-7(2)9(6-10-5)8(3)4/h6-8,10H,1-5H3. The van der Waals surface area contributed by atoms with E-state index in [2.05, 4.69) is 39.2 Å². The molecule has 0 unspecified atom stereocenters. The molecule has 0 saturated heterocycles. The molecular weight excluding hydrogens is 122 g/mol. The predicted octanol–water partition coefficient (Wildman–Crippen LogP) is 2.40. The van der Waals surface area contributed by atoms with Crippen LogP contribution in [0.3, 0.4) is 0 Å². The topological polar surface area (TPSA) is 12.0 Å². The summed E-state index contributed by atoms with van der Waals surface area (Å²) in [6.45, 7) is 8.90. The van der Waals surface area contributed by atoms with Crippen molar-refractivity contribution in [3.05, 3.63) is 11.8 Å². The number of hydrogen-bond acceptors (Lipinski definition) is 1. The molecule has 1 nitrogen and oxygen atoms in total. The van der Waals surface area contributed by atoms with Crippen molar-refractivity contribution < 1.29 is 0 Å². The van der Waals surface area contributed by atoms with Gasteiger partial charge in [-0.15, -0.1) is 0 Å². The molecule has 0 rings (SSSR count). The maximum Gasteiger partial charge on any atom is 0.00276 e. The lowest BCUT2D eigenvalue weighted by molar-refractivity contribution is 0.618. The van der Waals surface area contributed by atoms with Crippen LogP contribution in [0.4, 0.5) is 0 Å². The Bertz CT molecular complexity index is 102. The molecule has 0 radical (unpaired) electrons. The summed E-state index contributed by atoms with van der Waals surface area (Å²) in [6.07, 6.45) is 2.11. The number of hydrogen-bond donors (Lipinski definition) is 1. The van der Waals surface area contributed by atoms with Crippen molar-refractivity contribution in [2.24, 2.45) is 11.8 Å². The van der Waals surface area contributed by atoms with Gasteiger partial charge in [0.25, 0.3) is 0 Å². The van der Waals surface area contributed by atoms with Crippen molar-refractivity contribution in [3.8, 4) is 0 Å². The van der Waals surface area contributed by atoms with Gasteiger partial charge in [-0.3, -0.25) is 0 Å². The molecule has 0 aromatic rings. The fourth-order valence-corrected chi connectivity index (χ4v) is 1.17. The minimum absolute atomic E-state index is 0.660. The lowest BCUT2D eigenvalue weighted by Crippen LogP contribution is -2.07. The van der Waals surface area contributed by atoms with E-state index in [0.29, 0.717) is 11.8 Å². The summed E-state index contributed by atoms with van der Waals surface area (Å²) in [5, 5.41) is 3.07. The molecule has 0 amide bonds. The van der Waals surface area contributed by atoms with E-state index in [1.54, 1.807) is 0 Å². The molecule has 0 aliphatic heterocycles. The van der Waals surface area contributed by atoms with Gasteiger partial charge in [-0.25, -0.2) is 0 Å². The van der Waals surface area contributed by atoms with Gasteiger partial charge in [0.05, 0.1) is 0 Å². The maximum atomic E-state index is 3.07. The highest BCUT2D eigenvalue weighted by molar-refractivity contribution is 5.05. The Morgan fingerprint density at radius 3 is 1.60 bits per heavy atom. The van der Waals surface area contributed by atoms with E-state index in [1.165, 1.54) is 5.57 Å². The molecule has 0 fully saturated rings. The van der Waals surface area contributed by atoms with Gasteiger partial charge in [0.2, 0.25) is 0 Å². The average molecular weight is 141 g/mol. The second kappa shape index (κ2) is 4.37. The third kappa shape index (κ3) is 2.90. The first kappa shape index (κ1) is 9.54. The summed E-state index contributed by atoms with van der Waals surface area (Å²) in [5.41, 5.74) is 1.49. The summed E-state index contributed by atoms with van der Waals surface area (Å²) < 4.78 is 0. The first-order valence-electron chi connectivity index (χ1n) is 3.96. The zero-order chi connectivity index (χ0) is 8.15. The van der Waals surface area contributed by atoms with Gasteiger partial charge in [0, 0.05) is 7.05 Å². The highest BCUT2D eigenvalue weighted by atomic mass is 14.8. The Morgan fingerprint density at radius 1 is 1.10 bits per heavy atom. The minimum Gasteiger partial charge on any atom is -0.394 e. The maximum absolute atomic E-state index is 3.07. The van der Waals surface area contributed by atoms with Crippen molar-refractivity contribution in [2.75, 3.05) is 7.05 Å². The Kier molecular flexibility index (Phi) is 4.17. The van der Waals surface area contributed by atoms with Crippen LogP contribution in [0.5, 0.6) is 0 Å². The monoisotopic (exact) mass is 141 g/mol. The fourth-order valence-electron chi connectivity index (χ4n) is 1.17. The van der Waals surface area contributed by atoms with Crippen molar-refractivity contribution in [3.63, 3.8) is 0 Å². The highest BCUT2D eigenvalue weighted by Gasteiger charge is 2.06. The summed E-state index contributed by atoms with van der Waals surface area (Å²) in [5.74, 6) is 1.32. The van der Waals surface area contributed by atoms with Crippen LogP contribution in [-0.2, 0) is 0 Å². The highest BCUT2D eigenvalue weighted by Crippen LogP contribution is 2.17. The molecule has 0 bridgehead atoms. The van der Waals surface area contributed by atoms with Crippen LogP contribution in [0.25, 0.3) is 0 Å². The van der Waals surface area contributed by atoms with Gasteiger partial charge in [-0.05, 0) is 23.6 Å². The van der Waals surface area contributed by atoms with Crippen LogP contribution in [0.2, 0.25) is 0 Å². The van der Waals surface area contributed by atoms with E-state index in [9.17, 15) is 0 Å². The van der Waals surface area contributed by atoms with E-state index in [0.717, 1.165) is 0 Å². The molecule has 1 N–H and O–H groups in total. The zero-order valence-corrected chi connectivity index (χ0v) is 7.73. The summed E-state index contributed by atoms with van der Waals surface area (Å²) >= 11 is 0. The van der Waals surface area contributed by atoms with Crippen molar-refractivity contribution in [2.45, 2.75) is 27.7 Å². The van der Waals surface area contributed by atoms with Crippen molar-refractivity contribution in [1.29, 1.82) is 0 Å². The molecule has 60 valence electrons. The van der Waals surface area contributed by atoms with E-state index < -0.39 is 0 Å². The average Bonchev–Trinajstić information content (AvgIpc) is 1.81. The van der Waals surface area contributed by atoms with Gasteiger partial charge in [0.15, 0.2) is 0 Å². The summed E-state index contributed by atoms with van der Waals surface area (Å²) in [4.78, 5) is 0. The molecule has 0 atom stereocenters. The minimum atomic E-state index is 0.660. The number of allylic oxidation sites excluding steroid dienone is 1.